The van der Waals surface area contributed by atoms with Gasteiger partial charge in [-0.1, -0.05) is 0 Å². The number of rotatable bonds is 4. The van der Waals surface area contributed by atoms with E-state index in [2.05, 4.69) is 0 Å². The van der Waals surface area contributed by atoms with Crippen molar-refractivity contribution < 1.29 is 44.1 Å². The number of halogens is 7. The first-order valence-corrected chi connectivity index (χ1v) is 8.40. The molecule has 5 nitrogen and oxygen atoms in total. The highest BCUT2D eigenvalue weighted by Crippen LogP contribution is 2.44. The van der Waals surface area contributed by atoms with Crippen LogP contribution in [0.1, 0.15) is 10.4 Å². The number of benzene rings is 1. The Morgan fingerprint density at radius 1 is 1.04 bits per heavy atom. The number of nitrogens with one attached hydrogen (secondary N) is 1. The zero-order valence-electron chi connectivity index (χ0n) is 11.2. The smallest absolute Gasteiger partial charge is 0.421 e. The summed E-state index contributed by atoms with van der Waals surface area (Å²) < 4.78 is 110. The normalized spacial score (nSPS) is 13.7. The van der Waals surface area contributed by atoms with Crippen molar-refractivity contribution in [1.82, 2.24) is 5.32 Å². The number of carbonyl (C=O) groups is 1. The molecule has 0 bridgehead atoms. The highest BCUT2D eigenvalue weighted by molar-refractivity contribution is 14.1. The van der Waals surface area contributed by atoms with Crippen molar-refractivity contribution in [2.75, 3.05) is 5.75 Å². The molecule has 1 aromatic rings. The molecule has 1 aromatic carbocycles. The van der Waals surface area contributed by atoms with E-state index < -0.39 is 45.2 Å². The lowest BCUT2D eigenvalue weighted by Crippen LogP contribution is -2.70. The summed E-state index contributed by atoms with van der Waals surface area (Å²) in [6.45, 7) is 0. The first-order valence-electron chi connectivity index (χ1n) is 5.74. The summed E-state index contributed by atoms with van der Waals surface area (Å²) in [5, 5.41) is 0.632. The van der Waals surface area contributed by atoms with E-state index in [1.165, 1.54) is 12.1 Å². The molecule has 13 heteroatoms. The Balaban J connectivity index is 3.42. The first-order chi connectivity index (χ1) is 10.6. The number of carbonyl (C=O) groups excluding carboxylic acids is 1. The number of hydrogen-bond donors (Lipinski definition) is 1. The summed E-state index contributed by atoms with van der Waals surface area (Å²) in [6, 6.07) is 4.37. The van der Waals surface area contributed by atoms with Crippen LogP contribution in [-0.2, 0) is 10.1 Å². The van der Waals surface area contributed by atoms with Crippen LogP contribution in [0, 0.1) is 3.57 Å². The molecular formula is C11H7F6INO4S-. The van der Waals surface area contributed by atoms with Crippen LogP contribution in [0.25, 0.3) is 0 Å². The van der Waals surface area contributed by atoms with Gasteiger partial charge in [-0.3, -0.25) is 4.79 Å². The first kappa shape index (κ1) is 21.0. The van der Waals surface area contributed by atoms with Crippen LogP contribution in [0.5, 0.6) is 0 Å². The van der Waals surface area contributed by atoms with Crippen molar-refractivity contribution in [3.05, 3.63) is 33.4 Å². The predicted octanol–water partition coefficient (Wildman–Crippen LogP) is 2.43. The van der Waals surface area contributed by atoms with Crippen molar-refractivity contribution in [3.63, 3.8) is 0 Å². The van der Waals surface area contributed by atoms with Crippen LogP contribution in [0.15, 0.2) is 24.3 Å². The summed E-state index contributed by atoms with van der Waals surface area (Å²) in [5.74, 6) is -4.74. The molecule has 0 fully saturated rings. The molecule has 0 radical (unpaired) electrons. The molecule has 0 aliphatic rings. The van der Waals surface area contributed by atoms with Crippen molar-refractivity contribution >= 4 is 38.6 Å². The second-order valence-electron chi connectivity index (χ2n) is 4.56. The van der Waals surface area contributed by atoms with E-state index in [-0.39, 0.29) is 0 Å². The summed E-state index contributed by atoms with van der Waals surface area (Å²) in [7, 11) is -5.99. The Labute approximate surface area is 145 Å². The molecule has 0 spiro atoms. The number of hydrogen-bond acceptors (Lipinski definition) is 4. The molecule has 1 rings (SSSR count). The SMILES string of the molecule is O=C(NC(CS(=O)(=O)[O-])(C(F)(F)F)C(F)(F)F)c1ccc(I)cc1. The van der Waals surface area contributed by atoms with Crippen molar-refractivity contribution in [1.29, 1.82) is 0 Å². The van der Waals surface area contributed by atoms with Crippen LogP contribution in [0.4, 0.5) is 26.3 Å². The average Bonchev–Trinajstić information content (AvgIpc) is 2.34. The molecule has 0 unspecified atom stereocenters. The second kappa shape index (κ2) is 6.67. The van der Waals surface area contributed by atoms with Gasteiger partial charge in [-0.05, 0) is 46.9 Å². The standard InChI is InChI=1S/C11H8F6INO4S/c12-10(13,14)9(11(15,16)17,5-24(21,22)23)19-8(20)6-1-3-7(18)4-2-6/h1-4H,5H2,(H,19,20)(H,21,22,23)/p-1. The summed E-state index contributed by atoms with van der Waals surface area (Å²) in [5.41, 5.74) is -5.79. The van der Waals surface area contributed by atoms with Gasteiger partial charge < -0.3 is 9.87 Å². The third kappa shape index (κ3) is 4.72. The van der Waals surface area contributed by atoms with Crippen LogP contribution >= 0.6 is 22.6 Å². The van der Waals surface area contributed by atoms with E-state index >= 15 is 0 Å². The Morgan fingerprint density at radius 3 is 1.79 bits per heavy atom. The van der Waals surface area contributed by atoms with Gasteiger partial charge in [0.05, 0.1) is 15.9 Å². The fourth-order valence-corrected chi connectivity index (χ4v) is 2.92. The van der Waals surface area contributed by atoms with Gasteiger partial charge in [0, 0.05) is 9.13 Å². The average molecular weight is 490 g/mol. The van der Waals surface area contributed by atoms with E-state index in [0.717, 1.165) is 12.1 Å². The third-order valence-electron chi connectivity index (χ3n) is 2.79. The zero-order chi connectivity index (χ0) is 19.0. The fraction of sp³-hybridized carbons (Fsp3) is 0.364. The topological polar surface area (TPSA) is 86.3 Å². The van der Waals surface area contributed by atoms with E-state index in [0.29, 0.717) is 8.89 Å². The highest BCUT2D eigenvalue weighted by Gasteiger charge is 2.72. The molecule has 136 valence electrons. The van der Waals surface area contributed by atoms with Crippen LogP contribution in [0.3, 0.4) is 0 Å². The Morgan fingerprint density at radius 2 is 1.46 bits per heavy atom. The van der Waals surface area contributed by atoms with Crippen molar-refractivity contribution in [2.24, 2.45) is 0 Å². The van der Waals surface area contributed by atoms with Gasteiger partial charge in [-0.15, -0.1) is 0 Å². The minimum absolute atomic E-state index is 0.546. The lowest BCUT2D eigenvalue weighted by molar-refractivity contribution is -0.296. The molecule has 0 saturated heterocycles. The van der Waals surface area contributed by atoms with E-state index in [1.54, 1.807) is 22.6 Å². The molecule has 0 heterocycles. The number of alkyl halides is 6. The molecule has 24 heavy (non-hydrogen) atoms. The number of amides is 1. The van der Waals surface area contributed by atoms with Gasteiger partial charge in [0.15, 0.2) is 0 Å². The summed E-state index contributed by atoms with van der Waals surface area (Å²) in [6.07, 6.45) is -12.6. The second-order valence-corrected chi connectivity index (χ2v) is 7.21. The Hall–Kier alpha value is -1.09. The molecule has 0 aliphatic carbocycles. The van der Waals surface area contributed by atoms with E-state index in [4.69, 9.17) is 0 Å². The van der Waals surface area contributed by atoms with E-state index in [9.17, 15) is 44.1 Å². The molecule has 0 atom stereocenters. The molecule has 0 aromatic heterocycles. The van der Waals surface area contributed by atoms with Gasteiger partial charge in [0.25, 0.3) is 5.91 Å². The molecule has 1 N–H and O–H groups in total. The summed E-state index contributed by atoms with van der Waals surface area (Å²) in [4.78, 5) is 11.7. The minimum Gasteiger partial charge on any atom is -0.748 e. The van der Waals surface area contributed by atoms with Crippen molar-refractivity contribution in [2.45, 2.75) is 17.9 Å². The van der Waals surface area contributed by atoms with Crippen molar-refractivity contribution in [3.8, 4) is 0 Å². The molecule has 1 amide bonds. The van der Waals surface area contributed by atoms with Gasteiger partial charge in [0.2, 0.25) is 5.54 Å². The highest BCUT2D eigenvalue weighted by atomic mass is 127. The maximum Gasteiger partial charge on any atom is 0.421 e. The van der Waals surface area contributed by atoms with Crippen LogP contribution in [-0.4, -0.2) is 42.5 Å². The largest absolute Gasteiger partial charge is 0.748 e. The van der Waals surface area contributed by atoms with Gasteiger partial charge in [-0.25, -0.2) is 8.42 Å². The summed E-state index contributed by atoms with van der Waals surface area (Å²) >= 11 is 1.78. The quantitative estimate of drug-likeness (QED) is 0.400. The molecular weight excluding hydrogens is 483 g/mol. The fourth-order valence-electron chi connectivity index (χ4n) is 1.63. The lowest BCUT2D eigenvalue weighted by atomic mass is 9.99. The molecule has 0 aliphatic heterocycles. The maximum atomic E-state index is 13.0. The minimum atomic E-state index is -6.28. The third-order valence-corrected chi connectivity index (χ3v) is 4.30. The predicted molar refractivity (Wildman–Crippen MR) is 76.0 cm³/mol. The van der Waals surface area contributed by atoms with E-state index in [1.807, 2.05) is 0 Å². The zero-order valence-corrected chi connectivity index (χ0v) is 14.2. The van der Waals surface area contributed by atoms with Crippen LogP contribution < -0.4 is 5.32 Å². The Bertz CT molecular complexity index is 700. The monoisotopic (exact) mass is 490 g/mol. The molecule has 0 saturated carbocycles. The maximum absolute atomic E-state index is 13.0. The Kier molecular flexibility index (Phi) is 5.82. The lowest BCUT2D eigenvalue weighted by Gasteiger charge is -2.38. The van der Waals surface area contributed by atoms with Gasteiger partial charge in [0.1, 0.15) is 0 Å². The van der Waals surface area contributed by atoms with Gasteiger partial charge >= 0.3 is 12.4 Å². The van der Waals surface area contributed by atoms with Gasteiger partial charge in [-0.2, -0.15) is 26.3 Å². The van der Waals surface area contributed by atoms with Crippen LogP contribution in [0.2, 0.25) is 0 Å².